The lowest BCUT2D eigenvalue weighted by Gasteiger charge is -2.34. The maximum Gasteiger partial charge on any atom is 0.244 e. The van der Waals surface area contributed by atoms with Crippen LogP contribution in [0.25, 0.3) is 0 Å². The minimum absolute atomic E-state index is 0.0329. The summed E-state index contributed by atoms with van der Waals surface area (Å²) in [7, 11) is 0. The molecule has 4 nitrogen and oxygen atoms in total. The summed E-state index contributed by atoms with van der Waals surface area (Å²) in [4.78, 5) is 20.9. The van der Waals surface area contributed by atoms with Crippen LogP contribution >= 0.6 is 11.6 Å². The number of pyridine rings is 1. The van der Waals surface area contributed by atoms with Gasteiger partial charge in [0.2, 0.25) is 5.91 Å². The van der Waals surface area contributed by atoms with Crippen molar-refractivity contribution in [2.24, 2.45) is 0 Å². The first kappa shape index (κ1) is 13.7. The van der Waals surface area contributed by atoms with E-state index < -0.39 is 0 Å². The number of anilines is 1. The number of aromatic nitrogens is 1. The molecule has 112 valence electrons. The molecule has 3 heterocycles. The van der Waals surface area contributed by atoms with Crippen molar-refractivity contribution in [3.63, 3.8) is 0 Å². The van der Waals surface area contributed by atoms with Crippen LogP contribution in [0, 0.1) is 0 Å². The van der Waals surface area contributed by atoms with Gasteiger partial charge in [0.25, 0.3) is 0 Å². The van der Waals surface area contributed by atoms with Crippen LogP contribution in [0.15, 0.2) is 48.8 Å². The highest BCUT2D eigenvalue weighted by atomic mass is 35.5. The first-order valence-corrected chi connectivity index (χ1v) is 7.82. The van der Waals surface area contributed by atoms with Gasteiger partial charge in [-0.05, 0) is 36.2 Å². The van der Waals surface area contributed by atoms with Crippen LogP contribution in [0.3, 0.4) is 0 Å². The maximum atomic E-state index is 12.7. The summed E-state index contributed by atoms with van der Waals surface area (Å²) in [6.07, 6.45) is 4.47. The second-order valence-corrected chi connectivity index (χ2v) is 6.26. The molecular formula is C17H16ClN3O. The Bertz CT molecular complexity index is 706. The monoisotopic (exact) mass is 313 g/mol. The molecule has 5 heteroatoms. The topological polar surface area (TPSA) is 36.4 Å². The number of carbonyl (C=O) groups is 1. The number of amides is 1. The minimum Gasteiger partial charge on any atom is -0.305 e. The zero-order valence-corrected chi connectivity index (χ0v) is 12.8. The van der Waals surface area contributed by atoms with Gasteiger partial charge in [0.1, 0.15) is 0 Å². The summed E-state index contributed by atoms with van der Waals surface area (Å²) >= 11 is 6.26. The summed E-state index contributed by atoms with van der Waals surface area (Å²) in [6.45, 7) is 1.69. The highest BCUT2D eigenvalue weighted by Crippen LogP contribution is 2.39. The van der Waals surface area contributed by atoms with E-state index in [0.29, 0.717) is 5.02 Å². The second kappa shape index (κ2) is 5.38. The van der Waals surface area contributed by atoms with E-state index in [4.69, 9.17) is 11.6 Å². The number of halogens is 1. The fraction of sp³-hybridized carbons (Fsp3) is 0.294. The van der Waals surface area contributed by atoms with Gasteiger partial charge in [0.05, 0.1) is 22.8 Å². The van der Waals surface area contributed by atoms with Crippen LogP contribution in [-0.2, 0) is 11.3 Å². The highest BCUT2D eigenvalue weighted by Gasteiger charge is 2.50. The van der Waals surface area contributed by atoms with Crippen LogP contribution < -0.4 is 4.90 Å². The van der Waals surface area contributed by atoms with Gasteiger partial charge in [-0.25, -0.2) is 0 Å². The molecule has 2 aromatic rings. The predicted molar refractivity (Wildman–Crippen MR) is 85.8 cm³/mol. The molecule has 0 spiro atoms. The standard InChI is InChI=1S/C17H16ClN3O/c18-14-3-1-2-4-15(14)21-13-9-16(17(21)22)20(11-13)10-12-5-7-19-8-6-12/h1-8,13,16H,9-11H2/t13-,16-/m0/s1. The van der Waals surface area contributed by atoms with Gasteiger partial charge in [-0.3, -0.25) is 14.7 Å². The number of para-hydroxylation sites is 1. The summed E-state index contributed by atoms with van der Waals surface area (Å²) in [5.74, 6) is 0.165. The van der Waals surface area contributed by atoms with E-state index in [1.165, 1.54) is 5.56 Å². The van der Waals surface area contributed by atoms with E-state index in [1.807, 2.05) is 41.3 Å². The lowest BCUT2D eigenvalue weighted by Crippen LogP contribution is -2.50. The Hall–Kier alpha value is -1.91. The molecule has 0 radical (unpaired) electrons. The van der Waals surface area contributed by atoms with Crippen LogP contribution in [0.2, 0.25) is 5.02 Å². The third-order valence-electron chi connectivity index (χ3n) is 4.52. The molecule has 2 fully saturated rings. The number of likely N-dealkylation sites (tertiary alicyclic amines) is 1. The SMILES string of the molecule is O=C1[C@@H]2C[C@@H](CN2Cc2ccncc2)N1c1ccccc1Cl. The Morgan fingerprint density at radius 1 is 1.18 bits per heavy atom. The van der Waals surface area contributed by atoms with E-state index in [2.05, 4.69) is 9.88 Å². The van der Waals surface area contributed by atoms with E-state index >= 15 is 0 Å². The molecule has 2 atom stereocenters. The van der Waals surface area contributed by atoms with Gasteiger partial charge in [-0.15, -0.1) is 0 Å². The highest BCUT2D eigenvalue weighted by molar-refractivity contribution is 6.34. The van der Waals surface area contributed by atoms with Gasteiger partial charge in [-0.1, -0.05) is 23.7 Å². The molecule has 4 rings (SSSR count). The largest absolute Gasteiger partial charge is 0.305 e. The number of piperazine rings is 1. The fourth-order valence-electron chi connectivity index (χ4n) is 3.52. The van der Waals surface area contributed by atoms with E-state index in [-0.39, 0.29) is 18.0 Å². The molecule has 22 heavy (non-hydrogen) atoms. The zero-order valence-electron chi connectivity index (χ0n) is 12.0. The Balaban J connectivity index is 1.55. The van der Waals surface area contributed by atoms with Gasteiger partial charge >= 0.3 is 0 Å². The summed E-state index contributed by atoms with van der Waals surface area (Å²) in [6, 6.07) is 11.8. The van der Waals surface area contributed by atoms with Crippen molar-refractivity contribution in [3.8, 4) is 0 Å². The summed E-state index contributed by atoms with van der Waals surface area (Å²) < 4.78 is 0. The molecule has 1 amide bonds. The first-order valence-electron chi connectivity index (χ1n) is 7.44. The van der Waals surface area contributed by atoms with Crippen LogP contribution in [0.5, 0.6) is 0 Å². The molecule has 2 bridgehead atoms. The van der Waals surface area contributed by atoms with Crippen molar-refractivity contribution in [1.29, 1.82) is 0 Å². The molecule has 0 N–H and O–H groups in total. The number of benzene rings is 1. The number of rotatable bonds is 3. The molecule has 2 aliphatic heterocycles. The van der Waals surface area contributed by atoms with E-state index in [9.17, 15) is 4.79 Å². The molecule has 1 aromatic carbocycles. The van der Waals surface area contributed by atoms with Crippen molar-refractivity contribution in [2.75, 3.05) is 11.4 Å². The molecule has 2 saturated heterocycles. The number of hydrogen-bond donors (Lipinski definition) is 0. The molecule has 0 saturated carbocycles. The molecule has 2 aliphatic rings. The first-order chi connectivity index (χ1) is 10.7. The zero-order chi connectivity index (χ0) is 15.1. The van der Waals surface area contributed by atoms with Crippen molar-refractivity contribution < 1.29 is 4.79 Å². The molecular weight excluding hydrogens is 298 g/mol. The van der Waals surface area contributed by atoms with Crippen molar-refractivity contribution in [2.45, 2.75) is 25.0 Å². The third-order valence-corrected chi connectivity index (χ3v) is 4.84. The molecule has 0 unspecified atom stereocenters. The normalized spacial score (nSPS) is 24.2. The molecule has 1 aromatic heterocycles. The van der Waals surface area contributed by atoms with Crippen molar-refractivity contribution in [3.05, 3.63) is 59.4 Å². The second-order valence-electron chi connectivity index (χ2n) is 5.85. The fourth-order valence-corrected chi connectivity index (χ4v) is 3.75. The quantitative estimate of drug-likeness (QED) is 0.874. The predicted octanol–water partition coefficient (Wildman–Crippen LogP) is 2.72. The summed E-state index contributed by atoms with van der Waals surface area (Å²) in [5.41, 5.74) is 2.03. The lowest BCUT2D eigenvalue weighted by atomic mass is 10.2. The Labute approximate surface area is 134 Å². The summed E-state index contributed by atoms with van der Waals surface area (Å²) in [5, 5.41) is 0.643. The Morgan fingerprint density at radius 2 is 1.95 bits per heavy atom. The van der Waals surface area contributed by atoms with Crippen LogP contribution in [0.4, 0.5) is 5.69 Å². The van der Waals surface area contributed by atoms with E-state index in [1.54, 1.807) is 12.4 Å². The lowest BCUT2D eigenvalue weighted by molar-refractivity contribution is -0.122. The Kier molecular flexibility index (Phi) is 3.36. The maximum absolute atomic E-state index is 12.7. The average molecular weight is 314 g/mol. The number of carbonyl (C=O) groups excluding carboxylic acids is 1. The smallest absolute Gasteiger partial charge is 0.244 e. The number of nitrogens with zero attached hydrogens (tertiary/aromatic N) is 3. The van der Waals surface area contributed by atoms with Gasteiger partial charge < -0.3 is 4.90 Å². The molecule has 0 aliphatic carbocycles. The van der Waals surface area contributed by atoms with Gasteiger partial charge in [0.15, 0.2) is 0 Å². The van der Waals surface area contributed by atoms with E-state index in [0.717, 1.165) is 25.2 Å². The van der Waals surface area contributed by atoms with Crippen LogP contribution in [-0.4, -0.2) is 34.4 Å². The van der Waals surface area contributed by atoms with Crippen molar-refractivity contribution >= 4 is 23.2 Å². The van der Waals surface area contributed by atoms with Crippen molar-refractivity contribution in [1.82, 2.24) is 9.88 Å². The number of fused-ring (bicyclic) bond motifs is 2. The number of hydrogen-bond acceptors (Lipinski definition) is 3. The Morgan fingerprint density at radius 3 is 2.68 bits per heavy atom. The van der Waals surface area contributed by atoms with Gasteiger partial charge in [-0.2, -0.15) is 0 Å². The third kappa shape index (κ3) is 2.19. The van der Waals surface area contributed by atoms with Crippen LogP contribution in [0.1, 0.15) is 12.0 Å². The van der Waals surface area contributed by atoms with Gasteiger partial charge in [0, 0.05) is 25.5 Å². The minimum atomic E-state index is -0.0329. The average Bonchev–Trinajstić information content (AvgIpc) is 3.07.